The van der Waals surface area contributed by atoms with Gasteiger partial charge in [-0.1, -0.05) is 53.9 Å². The highest BCUT2D eigenvalue weighted by Crippen LogP contribution is 2.09. The van der Waals surface area contributed by atoms with Crippen LogP contribution < -0.4 is 0 Å². The molecule has 1 heteroatoms. The van der Waals surface area contributed by atoms with Crippen LogP contribution in [0.25, 0.3) is 0 Å². The highest BCUT2D eigenvalue weighted by molar-refractivity contribution is 9.10. The molecule has 0 unspecified atom stereocenters. The molecule has 62 valence electrons. The lowest BCUT2D eigenvalue weighted by Crippen LogP contribution is -1.67. The molecule has 11 heavy (non-hydrogen) atoms. The Bertz CT molecular complexity index is 177. The molecule has 1 rings (SSSR count). The van der Waals surface area contributed by atoms with Gasteiger partial charge in [-0.3, -0.25) is 0 Å². The van der Waals surface area contributed by atoms with Gasteiger partial charge in [0.15, 0.2) is 0 Å². The predicted molar refractivity (Wildman–Crippen MR) is 54.8 cm³/mol. The molecular formula is C10H15Br. The smallest absolute Gasteiger partial charge is 0.0177 e. The van der Waals surface area contributed by atoms with E-state index in [1.165, 1.54) is 12.0 Å². The Morgan fingerprint density at radius 3 is 2.09 bits per heavy atom. The maximum absolute atomic E-state index is 3.36. The van der Waals surface area contributed by atoms with Gasteiger partial charge < -0.3 is 0 Å². The summed E-state index contributed by atoms with van der Waals surface area (Å²) in [6, 6.07) is 8.21. The van der Waals surface area contributed by atoms with Crippen LogP contribution >= 0.6 is 15.9 Å². The Labute approximate surface area is 77.8 Å². The molecule has 0 nitrogen and oxygen atoms in total. The molecule has 0 spiro atoms. The first-order valence-corrected chi connectivity index (χ1v) is 4.72. The zero-order valence-corrected chi connectivity index (χ0v) is 8.98. The van der Waals surface area contributed by atoms with Crippen LogP contribution in [0.4, 0.5) is 0 Å². The molecule has 0 saturated carbocycles. The van der Waals surface area contributed by atoms with Crippen molar-refractivity contribution in [3.63, 3.8) is 0 Å². The summed E-state index contributed by atoms with van der Waals surface area (Å²) in [6.45, 7) is 6.32. The molecule has 0 atom stereocenters. The Kier molecular flexibility index (Phi) is 6.24. The van der Waals surface area contributed by atoms with Crippen LogP contribution in [0.1, 0.15) is 25.8 Å². The van der Waals surface area contributed by atoms with E-state index < -0.39 is 0 Å². The van der Waals surface area contributed by atoms with Crippen molar-refractivity contribution in [3.8, 4) is 0 Å². The molecule has 0 aliphatic rings. The number of halogens is 1. The Hall–Kier alpha value is -0.300. The third kappa shape index (κ3) is 6.11. The second-order valence-corrected chi connectivity index (χ2v) is 3.42. The average Bonchev–Trinajstić information content (AvgIpc) is 1.88. The van der Waals surface area contributed by atoms with Gasteiger partial charge in [-0.05, 0) is 19.1 Å². The van der Waals surface area contributed by atoms with Gasteiger partial charge in [0.25, 0.3) is 0 Å². The summed E-state index contributed by atoms with van der Waals surface area (Å²) < 4.78 is 1.15. The van der Waals surface area contributed by atoms with Gasteiger partial charge in [-0.2, -0.15) is 0 Å². The fourth-order valence-electron chi connectivity index (χ4n) is 0.606. The van der Waals surface area contributed by atoms with Crippen molar-refractivity contribution in [1.82, 2.24) is 0 Å². The summed E-state index contributed by atoms with van der Waals surface area (Å²) >= 11 is 3.36. The first kappa shape index (κ1) is 10.7. The highest BCUT2D eigenvalue weighted by atomic mass is 79.9. The van der Waals surface area contributed by atoms with Crippen LogP contribution in [-0.2, 0) is 0 Å². The van der Waals surface area contributed by atoms with E-state index in [2.05, 4.69) is 48.8 Å². The van der Waals surface area contributed by atoms with E-state index >= 15 is 0 Å². The lowest BCUT2D eigenvalue weighted by atomic mass is 10.2. The van der Waals surface area contributed by atoms with Crippen molar-refractivity contribution in [3.05, 3.63) is 34.3 Å². The van der Waals surface area contributed by atoms with Gasteiger partial charge in [0.1, 0.15) is 0 Å². The van der Waals surface area contributed by atoms with Gasteiger partial charge in [-0.25, -0.2) is 0 Å². The van der Waals surface area contributed by atoms with E-state index in [1.807, 2.05) is 12.1 Å². The molecule has 0 bridgehead atoms. The van der Waals surface area contributed by atoms with E-state index in [1.54, 1.807) is 0 Å². The fraction of sp³-hybridized carbons (Fsp3) is 0.400. The predicted octanol–water partition coefficient (Wildman–Crippen LogP) is 4.17. The summed E-state index contributed by atoms with van der Waals surface area (Å²) in [6.07, 6.45) is 1.25. The van der Waals surface area contributed by atoms with Crippen molar-refractivity contribution in [2.45, 2.75) is 27.2 Å². The maximum Gasteiger partial charge on any atom is 0.0177 e. The van der Waals surface area contributed by atoms with E-state index in [-0.39, 0.29) is 0 Å². The number of hydrogen-bond donors (Lipinski definition) is 0. The zero-order chi connectivity index (χ0) is 8.69. The lowest BCUT2D eigenvalue weighted by molar-refractivity contribution is 1.09. The molecule has 0 aliphatic heterocycles. The molecule has 0 saturated heterocycles. The molecule has 0 fully saturated rings. The molecule has 1 aromatic carbocycles. The molecule has 0 aliphatic carbocycles. The number of aryl methyl sites for hydroxylation is 1. The van der Waals surface area contributed by atoms with Gasteiger partial charge in [0, 0.05) is 4.47 Å². The maximum atomic E-state index is 3.36. The van der Waals surface area contributed by atoms with Crippen LogP contribution in [0, 0.1) is 6.92 Å². The first-order chi connectivity index (χ1) is 5.20. The van der Waals surface area contributed by atoms with Crippen LogP contribution in [0.15, 0.2) is 28.7 Å². The van der Waals surface area contributed by atoms with Crippen LogP contribution in [-0.4, -0.2) is 0 Å². The minimum Gasteiger partial charge on any atom is -0.0656 e. The standard InChI is InChI=1S/C7H7Br.C3H8/c1-6-3-2-4-7(8)5-6;1-3-2/h2-5H,1H3;3H2,1-2H3. The van der Waals surface area contributed by atoms with Gasteiger partial charge >= 0.3 is 0 Å². The average molecular weight is 215 g/mol. The summed E-state index contributed by atoms with van der Waals surface area (Å²) in [7, 11) is 0. The number of benzene rings is 1. The lowest BCUT2D eigenvalue weighted by Gasteiger charge is -1.89. The molecular weight excluding hydrogens is 200 g/mol. The molecule has 0 amide bonds. The van der Waals surface area contributed by atoms with Crippen molar-refractivity contribution < 1.29 is 0 Å². The first-order valence-electron chi connectivity index (χ1n) is 3.92. The quantitative estimate of drug-likeness (QED) is 0.609. The minimum absolute atomic E-state index is 1.15. The highest BCUT2D eigenvalue weighted by Gasteiger charge is 1.82. The normalized spacial score (nSPS) is 8.36. The van der Waals surface area contributed by atoms with Gasteiger partial charge in [-0.15, -0.1) is 0 Å². The van der Waals surface area contributed by atoms with E-state index in [0.717, 1.165) is 4.47 Å². The summed E-state index contributed by atoms with van der Waals surface area (Å²) in [5, 5.41) is 0. The zero-order valence-electron chi connectivity index (χ0n) is 7.39. The second-order valence-electron chi connectivity index (χ2n) is 2.51. The molecule has 0 N–H and O–H groups in total. The molecule has 0 heterocycles. The summed E-state index contributed by atoms with van der Waals surface area (Å²) in [5.41, 5.74) is 1.29. The third-order valence-electron chi connectivity index (χ3n) is 0.980. The Balaban J connectivity index is 0.000000292. The molecule has 0 aromatic heterocycles. The van der Waals surface area contributed by atoms with Gasteiger partial charge in [0.2, 0.25) is 0 Å². The molecule has 1 aromatic rings. The van der Waals surface area contributed by atoms with Crippen LogP contribution in [0.3, 0.4) is 0 Å². The fourth-order valence-corrected chi connectivity index (χ4v) is 1.12. The van der Waals surface area contributed by atoms with Crippen LogP contribution in [0.5, 0.6) is 0 Å². The van der Waals surface area contributed by atoms with Gasteiger partial charge in [0.05, 0.1) is 0 Å². The minimum atomic E-state index is 1.15. The second kappa shape index (κ2) is 6.41. The van der Waals surface area contributed by atoms with E-state index in [9.17, 15) is 0 Å². The van der Waals surface area contributed by atoms with E-state index in [4.69, 9.17) is 0 Å². The van der Waals surface area contributed by atoms with E-state index in [0.29, 0.717) is 0 Å². The largest absolute Gasteiger partial charge is 0.0656 e. The SMILES string of the molecule is CCC.Cc1cccc(Br)c1. The monoisotopic (exact) mass is 214 g/mol. The third-order valence-corrected chi connectivity index (χ3v) is 1.47. The topological polar surface area (TPSA) is 0 Å². The number of hydrogen-bond acceptors (Lipinski definition) is 0. The summed E-state index contributed by atoms with van der Waals surface area (Å²) in [5.74, 6) is 0. The summed E-state index contributed by atoms with van der Waals surface area (Å²) in [4.78, 5) is 0. The van der Waals surface area contributed by atoms with Crippen LogP contribution in [0.2, 0.25) is 0 Å². The Morgan fingerprint density at radius 2 is 1.82 bits per heavy atom. The van der Waals surface area contributed by atoms with Crippen molar-refractivity contribution in [2.24, 2.45) is 0 Å². The Morgan fingerprint density at radius 1 is 1.27 bits per heavy atom. The van der Waals surface area contributed by atoms with Crippen molar-refractivity contribution >= 4 is 15.9 Å². The molecule has 0 radical (unpaired) electrons. The van der Waals surface area contributed by atoms with Crippen molar-refractivity contribution in [2.75, 3.05) is 0 Å². The van der Waals surface area contributed by atoms with Crippen molar-refractivity contribution in [1.29, 1.82) is 0 Å². The number of rotatable bonds is 0.